The standard InChI is InChI=1S/C16H15NO4/c1-9-14(19)10(2)16(21)13(15(9)20)12(18)6-5-11-4-3-7-17-8-11/h3-8,19-21H,1-2H3/b6-5+. The SMILES string of the molecule is Cc1c(O)c(C)c(O)c(C(=O)/C=C/c2cccnc2)c1O. The summed E-state index contributed by atoms with van der Waals surface area (Å²) < 4.78 is 0. The van der Waals surface area contributed by atoms with E-state index in [0.29, 0.717) is 0 Å². The van der Waals surface area contributed by atoms with Crippen LogP contribution in [0.5, 0.6) is 17.2 Å². The van der Waals surface area contributed by atoms with Crippen molar-refractivity contribution in [3.05, 3.63) is 52.9 Å². The van der Waals surface area contributed by atoms with E-state index in [1.54, 1.807) is 24.5 Å². The van der Waals surface area contributed by atoms with Crippen molar-refractivity contribution in [1.82, 2.24) is 4.98 Å². The monoisotopic (exact) mass is 285 g/mol. The second-order valence-electron chi connectivity index (χ2n) is 4.65. The molecule has 0 saturated carbocycles. The number of aromatic hydroxyl groups is 3. The van der Waals surface area contributed by atoms with Gasteiger partial charge in [0.25, 0.3) is 0 Å². The van der Waals surface area contributed by atoms with Crippen LogP contribution >= 0.6 is 0 Å². The molecule has 1 aromatic heterocycles. The number of pyridine rings is 1. The van der Waals surface area contributed by atoms with Gasteiger partial charge in [-0.15, -0.1) is 0 Å². The van der Waals surface area contributed by atoms with Crippen LogP contribution in [0.4, 0.5) is 0 Å². The van der Waals surface area contributed by atoms with Gasteiger partial charge in [0.1, 0.15) is 22.8 Å². The molecule has 0 aliphatic rings. The van der Waals surface area contributed by atoms with E-state index in [4.69, 9.17) is 0 Å². The Kier molecular flexibility index (Phi) is 3.93. The summed E-state index contributed by atoms with van der Waals surface area (Å²) in [5.41, 5.74) is 0.812. The van der Waals surface area contributed by atoms with Crippen LogP contribution in [-0.4, -0.2) is 26.1 Å². The Morgan fingerprint density at radius 3 is 2.24 bits per heavy atom. The van der Waals surface area contributed by atoms with Gasteiger partial charge in [0, 0.05) is 23.5 Å². The van der Waals surface area contributed by atoms with Crippen molar-refractivity contribution in [2.24, 2.45) is 0 Å². The number of rotatable bonds is 3. The lowest BCUT2D eigenvalue weighted by atomic mass is 9.98. The summed E-state index contributed by atoms with van der Waals surface area (Å²) in [6.45, 7) is 2.94. The highest BCUT2D eigenvalue weighted by atomic mass is 16.3. The fourth-order valence-electron chi connectivity index (χ4n) is 1.96. The number of phenolic OH excluding ortho intramolecular Hbond substituents is 3. The van der Waals surface area contributed by atoms with Gasteiger partial charge in [-0.05, 0) is 37.6 Å². The molecule has 1 heterocycles. The Morgan fingerprint density at radius 2 is 1.71 bits per heavy atom. The van der Waals surface area contributed by atoms with Crippen LogP contribution in [0.15, 0.2) is 30.6 Å². The van der Waals surface area contributed by atoms with Gasteiger partial charge in [-0.1, -0.05) is 6.07 Å². The smallest absolute Gasteiger partial charge is 0.193 e. The minimum absolute atomic E-state index is 0.156. The molecule has 3 N–H and O–H groups in total. The number of hydrogen-bond acceptors (Lipinski definition) is 5. The number of allylic oxidation sites excluding steroid dienone is 1. The van der Waals surface area contributed by atoms with Crippen LogP contribution in [0.3, 0.4) is 0 Å². The summed E-state index contributed by atoms with van der Waals surface area (Å²) in [7, 11) is 0. The van der Waals surface area contributed by atoms with Crippen molar-refractivity contribution in [3.8, 4) is 17.2 Å². The van der Waals surface area contributed by atoms with Gasteiger partial charge in [-0.25, -0.2) is 0 Å². The minimum atomic E-state index is -0.556. The lowest BCUT2D eigenvalue weighted by Crippen LogP contribution is -1.99. The first-order chi connectivity index (χ1) is 9.93. The average molecular weight is 285 g/mol. The number of ketones is 1. The second kappa shape index (κ2) is 5.66. The Bertz CT molecular complexity index is 692. The van der Waals surface area contributed by atoms with E-state index >= 15 is 0 Å². The molecule has 0 aliphatic carbocycles. The van der Waals surface area contributed by atoms with E-state index in [-0.39, 0.29) is 22.4 Å². The first-order valence-electron chi connectivity index (χ1n) is 6.30. The third-order valence-corrected chi connectivity index (χ3v) is 3.25. The van der Waals surface area contributed by atoms with Gasteiger partial charge in [-0.3, -0.25) is 9.78 Å². The summed E-state index contributed by atoms with van der Waals surface area (Å²) in [6.07, 6.45) is 5.97. The number of carbonyl (C=O) groups is 1. The Balaban J connectivity index is 2.43. The largest absolute Gasteiger partial charge is 0.507 e. The molecule has 0 atom stereocenters. The van der Waals surface area contributed by atoms with Gasteiger partial charge < -0.3 is 15.3 Å². The average Bonchev–Trinajstić information content (AvgIpc) is 2.50. The van der Waals surface area contributed by atoms with E-state index < -0.39 is 17.3 Å². The Morgan fingerprint density at radius 1 is 1.10 bits per heavy atom. The van der Waals surface area contributed by atoms with Crippen molar-refractivity contribution in [1.29, 1.82) is 0 Å². The summed E-state index contributed by atoms with van der Waals surface area (Å²) in [5, 5.41) is 29.7. The molecule has 0 saturated heterocycles. The normalized spacial score (nSPS) is 11.0. The molecular formula is C16H15NO4. The summed E-state index contributed by atoms with van der Waals surface area (Å²) in [6, 6.07) is 3.50. The summed E-state index contributed by atoms with van der Waals surface area (Å²) >= 11 is 0. The van der Waals surface area contributed by atoms with Crippen molar-refractivity contribution in [2.45, 2.75) is 13.8 Å². The van der Waals surface area contributed by atoms with Gasteiger partial charge in [0.2, 0.25) is 0 Å². The molecule has 1 aromatic carbocycles. The summed E-state index contributed by atoms with van der Waals surface area (Å²) in [4.78, 5) is 16.1. The third-order valence-electron chi connectivity index (χ3n) is 3.25. The molecule has 21 heavy (non-hydrogen) atoms. The molecule has 0 fully saturated rings. The maximum absolute atomic E-state index is 12.2. The zero-order valence-corrected chi connectivity index (χ0v) is 11.7. The van der Waals surface area contributed by atoms with Gasteiger partial charge >= 0.3 is 0 Å². The fourth-order valence-corrected chi connectivity index (χ4v) is 1.96. The van der Waals surface area contributed by atoms with E-state index in [2.05, 4.69) is 4.98 Å². The molecule has 0 unspecified atom stereocenters. The first-order valence-corrected chi connectivity index (χ1v) is 6.30. The molecule has 108 valence electrons. The number of phenols is 3. The zero-order valence-electron chi connectivity index (χ0n) is 11.7. The van der Waals surface area contributed by atoms with Gasteiger partial charge in [-0.2, -0.15) is 0 Å². The highest BCUT2D eigenvalue weighted by molar-refractivity contribution is 6.11. The van der Waals surface area contributed by atoms with E-state index in [1.807, 2.05) is 0 Å². The number of aromatic nitrogens is 1. The van der Waals surface area contributed by atoms with Crippen LogP contribution in [0.25, 0.3) is 6.08 Å². The third kappa shape index (κ3) is 2.72. The Hall–Kier alpha value is -2.82. The second-order valence-corrected chi connectivity index (χ2v) is 4.65. The predicted molar refractivity (Wildman–Crippen MR) is 78.5 cm³/mol. The molecule has 0 amide bonds. The maximum atomic E-state index is 12.2. The lowest BCUT2D eigenvalue weighted by molar-refractivity contribution is 0.104. The van der Waals surface area contributed by atoms with Crippen molar-refractivity contribution in [3.63, 3.8) is 0 Å². The molecule has 0 spiro atoms. The lowest BCUT2D eigenvalue weighted by Gasteiger charge is -2.12. The fraction of sp³-hybridized carbons (Fsp3) is 0.125. The molecule has 2 aromatic rings. The van der Waals surface area contributed by atoms with Crippen LogP contribution in [0, 0.1) is 13.8 Å². The molecular weight excluding hydrogens is 270 g/mol. The van der Waals surface area contributed by atoms with Crippen molar-refractivity contribution >= 4 is 11.9 Å². The Labute approximate surface area is 121 Å². The molecule has 0 radical (unpaired) electrons. The van der Waals surface area contributed by atoms with Crippen LogP contribution in [0.2, 0.25) is 0 Å². The number of hydrogen-bond donors (Lipinski definition) is 3. The van der Waals surface area contributed by atoms with Gasteiger partial charge in [0.05, 0.1) is 0 Å². The van der Waals surface area contributed by atoms with Crippen LogP contribution in [-0.2, 0) is 0 Å². The predicted octanol–water partition coefficient (Wildman–Crippen LogP) is 2.71. The molecule has 2 rings (SSSR count). The minimum Gasteiger partial charge on any atom is -0.507 e. The van der Waals surface area contributed by atoms with E-state index in [1.165, 1.54) is 26.0 Å². The van der Waals surface area contributed by atoms with Crippen molar-refractivity contribution < 1.29 is 20.1 Å². The highest BCUT2D eigenvalue weighted by Gasteiger charge is 2.22. The number of carbonyl (C=O) groups excluding carboxylic acids is 1. The quantitative estimate of drug-likeness (QED) is 0.596. The highest BCUT2D eigenvalue weighted by Crippen LogP contribution is 2.41. The van der Waals surface area contributed by atoms with E-state index in [9.17, 15) is 20.1 Å². The molecule has 0 aliphatic heterocycles. The maximum Gasteiger partial charge on any atom is 0.193 e. The number of benzene rings is 1. The van der Waals surface area contributed by atoms with Crippen LogP contribution < -0.4 is 0 Å². The molecule has 5 nitrogen and oxygen atoms in total. The number of nitrogens with zero attached hydrogens (tertiary/aromatic N) is 1. The first kappa shape index (κ1) is 14.6. The van der Waals surface area contributed by atoms with Crippen LogP contribution in [0.1, 0.15) is 27.0 Å². The zero-order chi connectivity index (χ0) is 15.6. The molecule has 5 heteroatoms. The molecule has 0 bridgehead atoms. The summed E-state index contributed by atoms with van der Waals surface area (Å²) in [5.74, 6) is -1.62. The topological polar surface area (TPSA) is 90.7 Å². The van der Waals surface area contributed by atoms with E-state index in [0.717, 1.165) is 5.56 Å². The van der Waals surface area contributed by atoms with Gasteiger partial charge in [0.15, 0.2) is 5.78 Å². The van der Waals surface area contributed by atoms with Crippen molar-refractivity contribution in [2.75, 3.05) is 0 Å².